The fourth-order valence-corrected chi connectivity index (χ4v) is 2.36. The van der Waals surface area contributed by atoms with Crippen molar-refractivity contribution in [3.8, 4) is 0 Å². The van der Waals surface area contributed by atoms with Gasteiger partial charge in [-0.25, -0.2) is 0 Å². The molecule has 20 heavy (non-hydrogen) atoms. The number of carbonyl (C=O) groups excluding carboxylic acids is 2. The van der Waals surface area contributed by atoms with Gasteiger partial charge in [0.15, 0.2) is 0 Å². The third kappa shape index (κ3) is 3.95. The zero-order chi connectivity index (χ0) is 15.2. The number of hydrogen-bond donors (Lipinski definition) is 1. The van der Waals surface area contributed by atoms with Gasteiger partial charge >= 0.3 is 0 Å². The average Bonchev–Trinajstić information content (AvgIpc) is 2.39. The summed E-state index contributed by atoms with van der Waals surface area (Å²) in [6.45, 7) is 9.37. The van der Waals surface area contributed by atoms with Crippen molar-refractivity contribution in [2.75, 3.05) is 19.8 Å². The maximum atomic E-state index is 12.5. The zero-order valence-electron chi connectivity index (χ0n) is 13.2. The summed E-state index contributed by atoms with van der Waals surface area (Å²) in [6.07, 6.45) is 3.68. The minimum atomic E-state index is -0.796. The number of unbranched alkanes of at least 4 members (excludes halogenated alkanes) is 1. The van der Waals surface area contributed by atoms with Gasteiger partial charge in [0.1, 0.15) is 11.6 Å². The van der Waals surface area contributed by atoms with Crippen LogP contribution in [-0.4, -0.2) is 48.1 Å². The van der Waals surface area contributed by atoms with Gasteiger partial charge in [0.05, 0.1) is 6.61 Å². The van der Waals surface area contributed by atoms with E-state index in [0.29, 0.717) is 26.2 Å². The van der Waals surface area contributed by atoms with Crippen LogP contribution in [0.25, 0.3) is 0 Å². The Labute approximate surface area is 122 Å². The van der Waals surface area contributed by atoms with Crippen LogP contribution in [0.1, 0.15) is 53.4 Å². The molecule has 0 aliphatic carbocycles. The smallest absolute Gasteiger partial charge is 0.246 e. The zero-order valence-corrected chi connectivity index (χ0v) is 13.2. The third-order valence-corrected chi connectivity index (χ3v) is 3.78. The molecule has 1 N–H and O–H groups in total. The van der Waals surface area contributed by atoms with Gasteiger partial charge in [-0.3, -0.25) is 9.59 Å². The standard InChI is InChI=1S/C15H28N2O3/c1-5-7-10-20-11-9-17-13(18)12(8-6-2)16-14(19)15(17,3)4/h12H,5-11H2,1-4H3,(H,16,19). The molecule has 1 rings (SSSR count). The molecular formula is C15H28N2O3. The molecule has 116 valence electrons. The van der Waals surface area contributed by atoms with E-state index >= 15 is 0 Å². The van der Waals surface area contributed by atoms with Crippen molar-refractivity contribution in [3.63, 3.8) is 0 Å². The van der Waals surface area contributed by atoms with E-state index in [2.05, 4.69) is 12.2 Å². The van der Waals surface area contributed by atoms with Crippen molar-refractivity contribution < 1.29 is 14.3 Å². The fourth-order valence-electron chi connectivity index (χ4n) is 2.36. The molecule has 0 radical (unpaired) electrons. The molecule has 0 spiro atoms. The minimum absolute atomic E-state index is 0.00976. The van der Waals surface area contributed by atoms with Crippen molar-refractivity contribution in [2.45, 2.75) is 65.0 Å². The molecule has 0 aromatic carbocycles. The van der Waals surface area contributed by atoms with E-state index in [1.54, 1.807) is 18.7 Å². The second-order valence-electron chi connectivity index (χ2n) is 5.83. The number of rotatable bonds is 8. The third-order valence-electron chi connectivity index (χ3n) is 3.78. The van der Waals surface area contributed by atoms with Crippen LogP contribution >= 0.6 is 0 Å². The number of carbonyl (C=O) groups is 2. The molecular weight excluding hydrogens is 256 g/mol. The summed E-state index contributed by atoms with van der Waals surface area (Å²) in [4.78, 5) is 26.3. The van der Waals surface area contributed by atoms with Gasteiger partial charge in [-0.2, -0.15) is 0 Å². The largest absolute Gasteiger partial charge is 0.380 e. The lowest BCUT2D eigenvalue weighted by Gasteiger charge is -2.44. The second-order valence-corrected chi connectivity index (χ2v) is 5.83. The highest BCUT2D eigenvalue weighted by Gasteiger charge is 2.45. The Morgan fingerprint density at radius 1 is 1.20 bits per heavy atom. The quantitative estimate of drug-likeness (QED) is 0.690. The van der Waals surface area contributed by atoms with E-state index in [1.165, 1.54) is 0 Å². The Morgan fingerprint density at radius 2 is 1.90 bits per heavy atom. The Bertz CT molecular complexity index is 342. The first-order valence-corrected chi connectivity index (χ1v) is 7.65. The maximum Gasteiger partial charge on any atom is 0.246 e. The van der Waals surface area contributed by atoms with Crippen LogP contribution in [0.3, 0.4) is 0 Å². The van der Waals surface area contributed by atoms with Gasteiger partial charge in [-0.1, -0.05) is 26.7 Å². The lowest BCUT2D eigenvalue weighted by molar-refractivity contribution is -0.156. The predicted molar refractivity (Wildman–Crippen MR) is 78.4 cm³/mol. The molecule has 1 unspecified atom stereocenters. The molecule has 1 heterocycles. The SMILES string of the molecule is CCCCOCCN1C(=O)C(CCC)NC(=O)C1(C)C. The molecule has 0 bridgehead atoms. The molecule has 0 aromatic heterocycles. The van der Waals surface area contributed by atoms with E-state index in [1.807, 2.05) is 6.92 Å². The fraction of sp³-hybridized carbons (Fsp3) is 0.867. The molecule has 1 atom stereocenters. The number of nitrogens with zero attached hydrogens (tertiary/aromatic N) is 1. The number of nitrogens with one attached hydrogen (secondary N) is 1. The molecule has 1 aliphatic heterocycles. The van der Waals surface area contributed by atoms with Gasteiger partial charge in [-0.05, 0) is 26.7 Å². The Balaban J connectivity index is 2.62. The minimum Gasteiger partial charge on any atom is -0.380 e. The maximum absolute atomic E-state index is 12.5. The van der Waals surface area contributed by atoms with Crippen LogP contribution in [0.15, 0.2) is 0 Å². The van der Waals surface area contributed by atoms with Crippen molar-refractivity contribution in [1.82, 2.24) is 10.2 Å². The van der Waals surface area contributed by atoms with Gasteiger partial charge in [0, 0.05) is 13.2 Å². The lowest BCUT2D eigenvalue weighted by Crippen LogP contribution is -2.68. The number of hydrogen-bond acceptors (Lipinski definition) is 3. The van der Waals surface area contributed by atoms with Crippen LogP contribution in [0.2, 0.25) is 0 Å². The van der Waals surface area contributed by atoms with Crippen molar-refractivity contribution in [1.29, 1.82) is 0 Å². The van der Waals surface area contributed by atoms with E-state index in [4.69, 9.17) is 4.74 Å². The molecule has 1 aliphatic rings. The van der Waals surface area contributed by atoms with Crippen molar-refractivity contribution in [3.05, 3.63) is 0 Å². The number of ether oxygens (including phenoxy) is 1. The summed E-state index contributed by atoms with van der Waals surface area (Å²) < 4.78 is 5.52. The molecule has 1 saturated heterocycles. The topological polar surface area (TPSA) is 58.6 Å². The summed E-state index contributed by atoms with van der Waals surface area (Å²) in [5.74, 6) is -0.0698. The first kappa shape index (κ1) is 17.0. The molecule has 2 amide bonds. The van der Waals surface area contributed by atoms with Crippen LogP contribution < -0.4 is 5.32 Å². The Kier molecular flexibility index (Phi) is 6.46. The second kappa shape index (κ2) is 7.62. The van der Waals surface area contributed by atoms with Crippen molar-refractivity contribution >= 4 is 11.8 Å². The summed E-state index contributed by atoms with van der Waals surface area (Å²) in [5.41, 5.74) is -0.796. The van der Waals surface area contributed by atoms with E-state index in [0.717, 1.165) is 19.3 Å². The summed E-state index contributed by atoms with van der Waals surface area (Å²) in [5, 5.41) is 2.83. The predicted octanol–water partition coefficient (Wildman–Crippen LogP) is 1.71. The molecule has 1 fully saturated rings. The van der Waals surface area contributed by atoms with Gasteiger partial charge in [-0.15, -0.1) is 0 Å². The number of amides is 2. The van der Waals surface area contributed by atoms with Gasteiger partial charge < -0.3 is 15.0 Å². The van der Waals surface area contributed by atoms with Crippen LogP contribution in [0.5, 0.6) is 0 Å². The molecule has 5 nitrogen and oxygen atoms in total. The Morgan fingerprint density at radius 3 is 2.50 bits per heavy atom. The van der Waals surface area contributed by atoms with Gasteiger partial charge in [0.2, 0.25) is 11.8 Å². The molecule has 0 saturated carbocycles. The highest BCUT2D eigenvalue weighted by Crippen LogP contribution is 2.22. The van der Waals surface area contributed by atoms with E-state index in [9.17, 15) is 9.59 Å². The number of piperazine rings is 1. The average molecular weight is 284 g/mol. The molecule has 5 heteroatoms. The van der Waals surface area contributed by atoms with Gasteiger partial charge in [0.25, 0.3) is 0 Å². The summed E-state index contributed by atoms with van der Waals surface area (Å²) in [7, 11) is 0. The summed E-state index contributed by atoms with van der Waals surface area (Å²) in [6, 6.07) is -0.379. The highest BCUT2D eigenvalue weighted by atomic mass is 16.5. The lowest BCUT2D eigenvalue weighted by atomic mass is 9.94. The summed E-state index contributed by atoms with van der Waals surface area (Å²) >= 11 is 0. The first-order chi connectivity index (χ1) is 9.45. The van der Waals surface area contributed by atoms with Crippen LogP contribution in [0, 0.1) is 0 Å². The van der Waals surface area contributed by atoms with E-state index in [-0.39, 0.29) is 17.9 Å². The Hall–Kier alpha value is -1.10. The van der Waals surface area contributed by atoms with Crippen LogP contribution in [0.4, 0.5) is 0 Å². The highest BCUT2D eigenvalue weighted by molar-refractivity contribution is 5.99. The monoisotopic (exact) mass is 284 g/mol. The van der Waals surface area contributed by atoms with E-state index < -0.39 is 5.54 Å². The van der Waals surface area contributed by atoms with Crippen molar-refractivity contribution in [2.24, 2.45) is 0 Å². The normalized spacial score (nSPS) is 22.0. The van der Waals surface area contributed by atoms with Crippen LogP contribution in [-0.2, 0) is 14.3 Å². The first-order valence-electron chi connectivity index (χ1n) is 7.65. The molecule has 0 aromatic rings.